The van der Waals surface area contributed by atoms with Crippen molar-refractivity contribution in [2.75, 3.05) is 25.5 Å². The largest absolute Gasteiger partial charge is 0.351 e. The number of nitrogens with one attached hydrogen (secondary N) is 1. The lowest BCUT2D eigenvalue weighted by atomic mass is 10.1. The van der Waals surface area contributed by atoms with Gasteiger partial charge in [0.05, 0.1) is 5.69 Å². The monoisotopic (exact) mass is 269 g/mol. The molecule has 0 saturated carbocycles. The Hall–Kier alpha value is -2.01. The molecule has 2 aromatic rings. The number of likely N-dealkylation sites (tertiary alicyclic amines) is 1. The van der Waals surface area contributed by atoms with E-state index in [-0.39, 0.29) is 0 Å². The van der Waals surface area contributed by atoms with Crippen molar-refractivity contribution in [2.24, 2.45) is 0 Å². The summed E-state index contributed by atoms with van der Waals surface area (Å²) in [6.07, 6.45) is 7.66. The van der Waals surface area contributed by atoms with Crippen molar-refractivity contribution >= 4 is 5.95 Å². The Bertz CT molecular complexity index is 549. The van der Waals surface area contributed by atoms with Crippen LogP contribution in [0.15, 0.2) is 36.8 Å². The summed E-state index contributed by atoms with van der Waals surface area (Å²) in [6, 6.07) is 6.31. The van der Waals surface area contributed by atoms with Crippen LogP contribution in [0.5, 0.6) is 0 Å². The Morgan fingerprint density at radius 1 is 1.20 bits per heavy atom. The zero-order chi connectivity index (χ0) is 13.8. The molecule has 104 valence electrons. The third-order valence-corrected chi connectivity index (χ3v) is 3.66. The molecule has 0 unspecified atom stereocenters. The highest BCUT2D eigenvalue weighted by Gasteiger charge is 2.17. The molecular weight excluding hydrogens is 250 g/mol. The fraction of sp³-hybridized carbons (Fsp3) is 0.400. The number of aromatic nitrogens is 3. The van der Waals surface area contributed by atoms with E-state index in [1.807, 2.05) is 24.4 Å². The SMILES string of the molecule is CN1CCC(Nc2nccc(-c3cccnc3)n2)CC1. The Kier molecular flexibility index (Phi) is 3.87. The fourth-order valence-corrected chi connectivity index (χ4v) is 2.44. The third-order valence-electron chi connectivity index (χ3n) is 3.66. The molecule has 5 nitrogen and oxygen atoms in total. The Morgan fingerprint density at radius 3 is 2.80 bits per heavy atom. The number of anilines is 1. The second-order valence-electron chi connectivity index (χ2n) is 5.23. The quantitative estimate of drug-likeness (QED) is 0.924. The van der Waals surface area contributed by atoms with E-state index in [1.165, 1.54) is 0 Å². The van der Waals surface area contributed by atoms with E-state index in [4.69, 9.17) is 0 Å². The minimum atomic E-state index is 0.468. The lowest BCUT2D eigenvalue weighted by Crippen LogP contribution is -2.37. The molecule has 1 fully saturated rings. The van der Waals surface area contributed by atoms with Crippen molar-refractivity contribution in [3.63, 3.8) is 0 Å². The lowest BCUT2D eigenvalue weighted by Gasteiger charge is -2.29. The van der Waals surface area contributed by atoms with E-state index in [0.717, 1.165) is 37.2 Å². The molecule has 0 aromatic carbocycles. The van der Waals surface area contributed by atoms with Gasteiger partial charge in [-0.2, -0.15) is 0 Å². The van der Waals surface area contributed by atoms with Crippen LogP contribution in [0.2, 0.25) is 0 Å². The zero-order valence-electron chi connectivity index (χ0n) is 11.7. The van der Waals surface area contributed by atoms with Crippen LogP contribution >= 0.6 is 0 Å². The van der Waals surface area contributed by atoms with Crippen molar-refractivity contribution in [2.45, 2.75) is 18.9 Å². The maximum Gasteiger partial charge on any atom is 0.223 e. The summed E-state index contributed by atoms with van der Waals surface area (Å²) in [7, 11) is 2.16. The predicted octanol–water partition coefficient (Wildman–Crippen LogP) is 2.04. The van der Waals surface area contributed by atoms with Crippen molar-refractivity contribution < 1.29 is 0 Å². The second-order valence-corrected chi connectivity index (χ2v) is 5.23. The standard InChI is InChI=1S/C15H19N5/c1-20-9-5-13(6-10-20)18-15-17-8-4-14(19-15)12-3-2-7-16-11-12/h2-4,7-8,11,13H,5-6,9-10H2,1H3,(H,17,18,19). The molecule has 0 radical (unpaired) electrons. The second kappa shape index (κ2) is 5.96. The van der Waals surface area contributed by atoms with Gasteiger partial charge in [-0.15, -0.1) is 0 Å². The fourth-order valence-electron chi connectivity index (χ4n) is 2.44. The molecule has 0 bridgehead atoms. The molecule has 1 N–H and O–H groups in total. The van der Waals surface area contributed by atoms with Crippen molar-refractivity contribution in [1.29, 1.82) is 0 Å². The van der Waals surface area contributed by atoms with Gasteiger partial charge in [0.15, 0.2) is 0 Å². The highest BCUT2D eigenvalue weighted by Crippen LogP contribution is 2.18. The molecule has 3 heterocycles. The number of hydrogen-bond donors (Lipinski definition) is 1. The molecule has 1 aliphatic rings. The molecule has 0 spiro atoms. The summed E-state index contributed by atoms with van der Waals surface area (Å²) in [4.78, 5) is 15.4. The van der Waals surface area contributed by atoms with Crippen molar-refractivity contribution in [1.82, 2.24) is 19.9 Å². The van der Waals surface area contributed by atoms with Gasteiger partial charge in [-0.25, -0.2) is 9.97 Å². The Labute approximate surface area is 119 Å². The Balaban J connectivity index is 1.72. The van der Waals surface area contributed by atoms with Gasteiger partial charge in [-0.1, -0.05) is 0 Å². The smallest absolute Gasteiger partial charge is 0.223 e. The average Bonchev–Trinajstić information content (AvgIpc) is 2.51. The number of pyridine rings is 1. The van der Waals surface area contributed by atoms with Gasteiger partial charge in [0.2, 0.25) is 5.95 Å². The van der Waals surface area contributed by atoms with E-state index >= 15 is 0 Å². The van der Waals surface area contributed by atoms with Crippen LogP contribution in [-0.4, -0.2) is 46.0 Å². The molecule has 0 aliphatic carbocycles. The van der Waals surface area contributed by atoms with Gasteiger partial charge in [0.1, 0.15) is 0 Å². The van der Waals surface area contributed by atoms with E-state index < -0.39 is 0 Å². The summed E-state index contributed by atoms with van der Waals surface area (Å²) in [5, 5.41) is 3.44. The summed E-state index contributed by atoms with van der Waals surface area (Å²) >= 11 is 0. The van der Waals surface area contributed by atoms with Gasteiger partial charge in [0.25, 0.3) is 0 Å². The minimum Gasteiger partial charge on any atom is -0.351 e. The van der Waals surface area contributed by atoms with Crippen LogP contribution in [0.1, 0.15) is 12.8 Å². The topological polar surface area (TPSA) is 53.9 Å². The van der Waals surface area contributed by atoms with Gasteiger partial charge >= 0.3 is 0 Å². The molecule has 2 aromatic heterocycles. The number of hydrogen-bond acceptors (Lipinski definition) is 5. The summed E-state index contributed by atoms with van der Waals surface area (Å²) in [5.41, 5.74) is 1.92. The van der Waals surface area contributed by atoms with Crippen LogP contribution in [-0.2, 0) is 0 Å². The van der Waals surface area contributed by atoms with Gasteiger partial charge in [-0.3, -0.25) is 4.98 Å². The van der Waals surface area contributed by atoms with Gasteiger partial charge < -0.3 is 10.2 Å². The van der Waals surface area contributed by atoms with Crippen LogP contribution in [0, 0.1) is 0 Å². The highest BCUT2D eigenvalue weighted by atomic mass is 15.2. The molecule has 0 amide bonds. The first-order valence-corrected chi connectivity index (χ1v) is 7.00. The molecule has 1 aliphatic heterocycles. The van der Waals surface area contributed by atoms with Crippen LogP contribution < -0.4 is 5.32 Å². The van der Waals surface area contributed by atoms with E-state index in [2.05, 4.69) is 32.2 Å². The zero-order valence-corrected chi connectivity index (χ0v) is 11.7. The maximum absolute atomic E-state index is 4.58. The third kappa shape index (κ3) is 3.11. The maximum atomic E-state index is 4.58. The first-order valence-electron chi connectivity index (χ1n) is 7.00. The van der Waals surface area contributed by atoms with Gasteiger partial charge in [0, 0.05) is 30.2 Å². The summed E-state index contributed by atoms with van der Waals surface area (Å²) < 4.78 is 0. The molecule has 20 heavy (non-hydrogen) atoms. The Morgan fingerprint density at radius 2 is 2.05 bits per heavy atom. The number of rotatable bonds is 3. The number of piperidine rings is 1. The van der Waals surface area contributed by atoms with Crippen molar-refractivity contribution in [3.8, 4) is 11.3 Å². The van der Waals surface area contributed by atoms with E-state index in [0.29, 0.717) is 12.0 Å². The van der Waals surface area contributed by atoms with E-state index in [1.54, 1.807) is 12.4 Å². The molecule has 5 heteroatoms. The lowest BCUT2D eigenvalue weighted by molar-refractivity contribution is 0.263. The van der Waals surface area contributed by atoms with Crippen LogP contribution in [0.3, 0.4) is 0 Å². The average molecular weight is 269 g/mol. The molecular formula is C15H19N5. The molecule has 0 atom stereocenters. The number of nitrogens with zero attached hydrogens (tertiary/aromatic N) is 4. The summed E-state index contributed by atoms with van der Waals surface area (Å²) in [6.45, 7) is 2.25. The normalized spacial score (nSPS) is 17.1. The molecule has 3 rings (SSSR count). The van der Waals surface area contributed by atoms with E-state index in [9.17, 15) is 0 Å². The van der Waals surface area contributed by atoms with Crippen LogP contribution in [0.4, 0.5) is 5.95 Å². The highest BCUT2D eigenvalue weighted by molar-refractivity contribution is 5.58. The minimum absolute atomic E-state index is 0.468. The summed E-state index contributed by atoms with van der Waals surface area (Å²) in [5.74, 6) is 0.709. The molecule has 1 saturated heterocycles. The van der Waals surface area contributed by atoms with Gasteiger partial charge in [-0.05, 0) is 51.2 Å². The first-order chi connectivity index (χ1) is 9.81. The first kappa shape index (κ1) is 13.0. The van der Waals surface area contributed by atoms with Crippen LogP contribution in [0.25, 0.3) is 11.3 Å². The van der Waals surface area contributed by atoms with Crippen molar-refractivity contribution in [3.05, 3.63) is 36.8 Å². The predicted molar refractivity (Wildman–Crippen MR) is 79.4 cm³/mol.